The van der Waals surface area contributed by atoms with Gasteiger partial charge in [0.2, 0.25) is 0 Å². The zero-order valence-electron chi connectivity index (χ0n) is 11.1. The molecule has 2 heterocycles. The number of aromatic nitrogens is 2. The second kappa shape index (κ2) is 4.48. The second-order valence-corrected chi connectivity index (χ2v) is 4.62. The van der Waals surface area contributed by atoms with Crippen molar-refractivity contribution >= 4 is 16.9 Å². The van der Waals surface area contributed by atoms with Crippen LogP contribution >= 0.6 is 0 Å². The molecule has 1 atom stereocenters. The van der Waals surface area contributed by atoms with Crippen LogP contribution < -0.4 is 5.32 Å². The normalized spacial score (nSPS) is 12.7. The van der Waals surface area contributed by atoms with Gasteiger partial charge in [0, 0.05) is 30.1 Å². The number of hydrogen-bond donors (Lipinski definition) is 4. The van der Waals surface area contributed by atoms with Crippen LogP contribution in [-0.2, 0) is 0 Å². The minimum absolute atomic E-state index is 0.147. The Morgan fingerprint density at radius 3 is 2.85 bits per heavy atom. The molecule has 4 N–H and O–H groups in total. The van der Waals surface area contributed by atoms with Crippen molar-refractivity contribution in [2.75, 3.05) is 12.4 Å². The highest BCUT2D eigenvalue weighted by Gasteiger charge is 2.23. The molecule has 0 aliphatic carbocycles. The van der Waals surface area contributed by atoms with Gasteiger partial charge in [-0.25, -0.2) is 0 Å². The summed E-state index contributed by atoms with van der Waals surface area (Å²) >= 11 is 0. The van der Waals surface area contributed by atoms with E-state index in [0.29, 0.717) is 5.76 Å². The summed E-state index contributed by atoms with van der Waals surface area (Å²) in [7, 11) is 1.66. The number of anilines is 1. The SMILES string of the molecule is CNc1nc(O)c(C(C)c2c[nH]c3cccc(O)c23)o1. The van der Waals surface area contributed by atoms with E-state index in [0.717, 1.165) is 16.5 Å². The summed E-state index contributed by atoms with van der Waals surface area (Å²) in [5.74, 6) is 0.162. The molecule has 0 fully saturated rings. The molecule has 0 radical (unpaired) electrons. The van der Waals surface area contributed by atoms with Gasteiger partial charge in [-0.2, -0.15) is 4.98 Å². The van der Waals surface area contributed by atoms with Gasteiger partial charge in [-0.1, -0.05) is 13.0 Å². The maximum Gasteiger partial charge on any atom is 0.297 e. The van der Waals surface area contributed by atoms with Crippen molar-refractivity contribution in [1.82, 2.24) is 9.97 Å². The lowest BCUT2D eigenvalue weighted by Crippen LogP contribution is -1.94. The van der Waals surface area contributed by atoms with Crippen molar-refractivity contribution < 1.29 is 14.6 Å². The molecule has 0 bridgehead atoms. The molecular weight excluding hydrogens is 258 g/mol. The maximum absolute atomic E-state index is 10.0. The fourth-order valence-corrected chi connectivity index (χ4v) is 2.39. The van der Waals surface area contributed by atoms with Gasteiger partial charge in [0.05, 0.1) is 0 Å². The summed E-state index contributed by atoms with van der Waals surface area (Å²) in [5, 5.41) is 23.3. The number of rotatable bonds is 3. The summed E-state index contributed by atoms with van der Waals surface area (Å²) in [4.78, 5) is 6.97. The number of aromatic amines is 1. The van der Waals surface area contributed by atoms with E-state index < -0.39 is 0 Å². The Morgan fingerprint density at radius 2 is 2.15 bits per heavy atom. The number of oxazole rings is 1. The van der Waals surface area contributed by atoms with Crippen molar-refractivity contribution in [3.05, 3.63) is 35.7 Å². The third-order valence-corrected chi connectivity index (χ3v) is 3.42. The van der Waals surface area contributed by atoms with E-state index in [2.05, 4.69) is 15.3 Å². The molecule has 0 aliphatic heterocycles. The first-order valence-electron chi connectivity index (χ1n) is 6.28. The van der Waals surface area contributed by atoms with Crippen LogP contribution in [0.2, 0.25) is 0 Å². The number of phenols is 1. The molecule has 0 amide bonds. The Balaban J connectivity index is 2.12. The minimum Gasteiger partial charge on any atom is -0.507 e. The van der Waals surface area contributed by atoms with E-state index in [4.69, 9.17) is 4.42 Å². The Bertz CT molecular complexity index is 760. The Labute approximate surface area is 115 Å². The lowest BCUT2D eigenvalue weighted by Gasteiger charge is -2.08. The molecule has 6 nitrogen and oxygen atoms in total. The average molecular weight is 273 g/mol. The van der Waals surface area contributed by atoms with Crippen molar-refractivity contribution in [2.45, 2.75) is 12.8 Å². The zero-order valence-corrected chi connectivity index (χ0v) is 11.1. The summed E-state index contributed by atoms with van der Waals surface area (Å²) < 4.78 is 5.47. The highest BCUT2D eigenvalue weighted by molar-refractivity contribution is 5.89. The standard InChI is InChI=1S/C14H15N3O3/c1-7(12-13(19)17-14(15-2)20-12)8-6-16-9-4-3-5-10(18)11(8)9/h3-7,16,18-19H,1-2H3,(H,15,17). The van der Waals surface area contributed by atoms with E-state index in [9.17, 15) is 10.2 Å². The smallest absolute Gasteiger partial charge is 0.297 e. The number of phenolic OH excluding ortho intramolecular Hbond substituents is 1. The number of benzene rings is 1. The highest BCUT2D eigenvalue weighted by atomic mass is 16.4. The number of nitrogens with zero attached hydrogens (tertiary/aromatic N) is 1. The van der Waals surface area contributed by atoms with Crippen LogP contribution in [0.1, 0.15) is 24.2 Å². The van der Waals surface area contributed by atoms with Crippen LogP contribution in [0.15, 0.2) is 28.8 Å². The van der Waals surface area contributed by atoms with Crippen LogP contribution in [0.25, 0.3) is 10.9 Å². The molecule has 104 valence electrons. The van der Waals surface area contributed by atoms with Crippen LogP contribution in [0, 0.1) is 0 Å². The van der Waals surface area contributed by atoms with E-state index in [-0.39, 0.29) is 23.6 Å². The van der Waals surface area contributed by atoms with Gasteiger partial charge in [-0.15, -0.1) is 0 Å². The van der Waals surface area contributed by atoms with Gasteiger partial charge >= 0.3 is 0 Å². The predicted molar refractivity (Wildman–Crippen MR) is 75.2 cm³/mol. The van der Waals surface area contributed by atoms with E-state index in [1.54, 1.807) is 25.4 Å². The molecule has 1 aromatic carbocycles. The average Bonchev–Trinajstić information content (AvgIpc) is 3.02. The van der Waals surface area contributed by atoms with Crippen molar-refractivity contribution in [2.24, 2.45) is 0 Å². The summed E-state index contributed by atoms with van der Waals surface area (Å²) in [6.07, 6.45) is 1.80. The predicted octanol–water partition coefficient (Wildman–Crippen LogP) is 2.76. The lowest BCUT2D eigenvalue weighted by molar-refractivity contribution is 0.421. The fourth-order valence-electron chi connectivity index (χ4n) is 2.39. The minimum atomic E-state index is -0.244. The first-order chi connectivity index (χ1) is 9.61. The molecule has 0 aliphatic rings. The Hall–Kier alpha value is -2.63. The summed E-state index contributed by atoms with van der Waals surface area (Å²) in [6, 6.07) is 5.54. The van der Waals surface area contributed by atoms with Crippen molar-refractivity contribution in [3.63, 3.8) is 0 Å². The van der Waals surface area contributed by atoms with Crippen LogP contribution in [-0.4, -0.2) is 27.2 Å². The molecule has 0 saturated heterocycles. The summed E-state index contributed by atoms with van der Waals surface area (Å²) in [6.45, 7) is 1.88. The number of aromatic hydroxyl groups is 2. The molecule has 0 saturated carbocycles. The van der Waals surface area contributed by atoms with Crippen molar-refractivity contribution in [1.29, 1.82) is 0 Å². The maximum atomic E-state index is 10.0. The van der Waals surface area contributed by atoms with E-state index in [1.165, 1.54) is 0 Å². The van der Waals surface area contributed by atoms with Crippen molar-refractivity contribution in [3.8, 4) is 11.6 Å². The van der Waals surface area contributed by atoms with E-state index in [1.807, 2.05) is 13.0 Å². The molecule has 0 spiro atoms. The van der Waals surface area contributed by atoms with Gasteiger partial charge in [-0.05, 0) is 17.7 Å². The largest absolute Gasteiger partial charge is 0.507 e. The van der Waals surface area contributed by atoms with Gasteiger partial charge in [0.1, 0.15) is 5.75 Å². The monoisotopic (exact) mass is 273 g/mol. The fraction of sp³-hybridized carbons (Fsp3) is 0.214. The van der Waals surface area contributed by atoms with Gasteiger partial charge in [0.25, 0.3) is 11.9 Å². The topological polar surface area (TPSA) is 94.3 Å². The third-order valence-electron chi connectivity index (χ3n) is 3.42. The molecule has 3 rings (SSSR count). The lowest BCUT2D eigenvalue weighted by atomic mass is 9.98. The van der Waals surface area contributed by atoms with E-state index >= 15 is 0 Å². The first-order valence-corrected chi connectivity index (χ1v) is 6.28. The number of hydrogen-bond acceptors (Lipinski definition) is 5. The zero-order chi connectivity index (χ0) is 14.3. The van der Waals surface area contributed by atoms with Crippen LogP contribution in [0.5, 0.6) is 11.6 Å². The van der Waals surface area contributed by atoms with Gasteiger partial charge in [0.15, 0.2) is 5.76 Å². The molecule has 6 heteroatoms. The second-order valence-electron chi connectivity index (χ2n) is 4.62. The number of fused-ring (bicyclic) bond motifs is 1. The molecular formula is C14H15N3O3. The van der Waals surface area contributed by atoms with Gasteiger partial charge in [-0.3, -0.25) is 0 Å². The molecule has 1 unspecified atom stereocenters. The molecule has 3 aromatic rings. The highest BCUT2D eigenvalue weighted by Crippen LogP contribution is 2.38. The molecule has 2 aromatic heterocycles. The Morgan fingerprint density at radius 1 is 1.35 bits per heavy atom. The van der Waals surface area contributed by atoms with Crippen LogP contribution in [0.4, 0.5) is 6.01 Å². The van der Waals surface area contributed by atoms with Crippen LogP contribution in [0.3, 0.4) is 0 Å². The number of nitrogens with one attached hydrogen (secondary N) is 2. The Kier molecular flexibility index (Phi) is 2.78. The first kappa shape index (κ1) is 12.4. The third kappa shape index (κ3) is 1.77. The number of H-pyrrole nitrogens is 1. The summed E-state index contributed by atoms with van der Waals surface area (Å²) in [5.41, 5.74) is 1.67. The van der Waals surface area contributed by atoms with Gasteiger partial charge < -0.3 is 24.9 Å². The quantitative estimate of drug-likeness (QED) is 0.588. The molecule has 20 heavy (non-hydrogen) atoms.